The molecule has 2 nitrogen and oxygen atoms in total. The zero-order valence-corrected chi connectivity index (χ0v) is 11.1. The Hall–Kier alpha value is -0.930. The van der Waals surface area contributed by atoms with Gasteiger partial charge in [-0.05, 0) is 42.4 Å². The van der Waals surface area contributed by atoms with Gasteiger partial charge in [0.1, 0.15) is 5.82 Å². The molecule has 0 saturated heterocycles. The monoisotopic (exact) mass is 251 g/mol. The minimum atomic E-state index is -0.190. The van der Waals surface area contributed by atoms with E-state index in [0.717, 1.165) is 5.56 Å². The van der Waals surface area contributed by atoms with E-state index < -0.39 is 0 Å². The molecule has 2 rings (SSSR count). The van der Waals surface area contributed by atoms with Crippen molar-refractivity contribution >= 4 is 0 Å². The number of nitrogens with one attached hydrogen (secondary N) is 1. The molecule has 2 N–H and O–H groups in total. The SMILES string of the molecule is CC(C)[C@@H](CO)N[C@H](c1cccc(F)c1)C1CC1. The van der Waals surface area contributed by atoms with Crippen LogP contribution in [0.25, 0.3) is 0 Å². The average Bonchev–Trinajstić information content (AvgIpc) is 3.14. The first-order chi connectivity index (χ1) is 8.61. The molecule has 1 fully saturated rings. The summed E-state index contributed by atoms with van der Waals surface area (Å²) >= 11 is 0. The Kier molecular flexibility index (Phi) is 4.36. The predicted octanol–water partition coefficient (Wildman–Crippen LogP) is 2.88. The third-order valence-corrected chi connectivity index (χ3v) is 3.70. The fraction of sp³-hybridized carbons (Fsp3) is 0.600. The molecule has 3 heteroatoms. The van der Waals surface area contributed by atoms with Crippen LogP contribution in [0.3, 0.4) is 0 Å². The van der Waals surface area contributed by atoms with Gasteiger partial charge in [-0.15, -0.1) is 0 Å². The lowest BCUT2D eigenvalue weighted by atomic mass is 9.98. The van der Waals surface area contributed by atoms with Crippen LogP contribution in [0.4, 0.5) is 4.39 Å². The molecule has 0 radical (unpaired) electrons. The molecule has 0 aromatic heterocycles. The number of halogens is 1. The summed E-state index contributed by atoms with van der Waals surface area (Å²) in [5, 5.41) is 12.9. The summed E-state index contributed by atoms with van der Waals surface area (Å²) in [4.78, 5) is 0. The molecule has 0 heterocycles. The van der Waals surface area contributed by atoms with E-state index in [1.165, 1.54) is 18.9 Å². The van der Waals surface area contributed by atoms with Crippen molar-refractivity contribution < 1.29 is 9.50 Å². The van der Waals surface area contributed by atoms with Crippen LogP contribution in [-0.2, 0) is 0 Å². The molecule has 0 amide bonds. The van der Waals surface area contributed by atoms with Crippen molar-refractivity contribution in [2.75, 3.05) is 6.61 Å². The summed E-state index contributed by atoms with van der Waals surface area (Å²) in [7, 11) is 0. The van der Waals surface area contributed by atoms with Crippen molar-refractivity contribution in [3.63, 3.8) is 0 Å². The maximum Gasteiger partial charge on any atom is 0.123 e. The van der Waals surface area contributed by atoms with Crippen molar-refractivity contribution in [2.45, 2.75) is 38.8 Å². The number of hydrogen-bond donors (Lipinski definition) is 2. The van der Waals surface area contributed by atoms with Crippen LogP contribution in [0.5, 0.6) is 0 Å². The molecule has 0 unspecified atom stereocenters. The second-order valence-corrected chi connectivity index (χ2v) is 5.57. The first-order valence-electron chi connectivity index (χ1n) is 6.74. The van der Waals surface area contributed by atoms with Crippen LogP contribution < -0.4 is 5.32 Å². The third-order valence-electron chi connectivity index (χ3n) is 3.70. The fourth-order valence-electron chi connectivity index (χ4n) is 2.32. The zero-order chi connectivity index (χ0) is 13.1. The lowest BCUT2D eigenvalue weighted by Gasteiger charge is -2.27. The van der Waals surface area contributed by atoms with Crippen LogP contribution in [0.1, 0.15) is 38.3 Å². The zero-order valence-electron chi connectivity index (χ0n) is 11.1. The minimum absolute atomic E-state index is 0.0684. The van der Waals surface area contributed by atoms with Gasteiger partial charge in [-0.1, -0.05) is 26.0 Å². The molecule has 0 spiro atoms. The van der Waals surface area contributed by atoms with Crippen LogP contribution in [0.15, 0.2) is 24.3 Å². The Balaban J connectivity index is 2.13. The van der Waals surface area contributed by atoms with Gasteiger partial charge in [0.25, 0.3) is 0 Å². The van der Waals surface area contributed by atoms with Crippen molar-refractivity contribution in [3.8, 4) is 0 Å². The highest BCUT2D eigenvalue weighted by atomic mass is 19.1. The number of rotatable bonds is 6. The van der Waals surface area contributed by atoms with Gasteiger partial charge in [0.05, 0.1) is 6.61 Å². The minimum Gasteiger partial charge on any atom is -0.395 e. The molecule has 1 aliphatic rings. The van der Waals surface area contributed by atoms with Crippen LogP contribution in [-0.4, -0.2) is 17.8 Å². The van der Waals surface area contributed by atoms with Gasteiger partial charge in [-0.2, -0.15) is 0 Å². The lowest BCUT2D eigenvalue weighted by Crippen LogP contribution is -2.40. The van der Waals surface area contributed by atoms with Gasteiger partial charge >= 0.3 is 0 Å². The fourth-order valence-corrected chi connectivity index (χ4v) is 2.32. The van der Waals surface area contributed by atoms with Crippen molar-refractivity contribution in [3.05, 3.63) is 35.6 Å². The topological polar surface area (TPSA) is 32.3 Å². The van der Waals surface area contributed by atoms with E-state index >= 15 is 0 Å². The van der Waals surface area contributed by atoms with E-state index in [-0.39, 0.29) is 24.5 Å². The van der Waals surface area contributed by atoms with Gasteiger partial charge in [-0.25, -0.2) is 4.39 Å². The summed E-state index contributed by atoms with van der Waals surface area (Å²) in [6.07, 6.45) is 2.37. The average molecular weight is 251 g/mol. The van der Waals surface area contributed by atoms with E-state index in [1.54, 1.807) is 12.1 Å². The second-order valence-electron chi connectivity index (χ2n) is 5.57. The van der Waals surface area contributed by atoms with Crippen molar-refractivity contribution in [2.24, 2.45) is 11.8 Å². The van der Waals surface area contributed by atoms with Gasteiger partial charge < -0.3 is 10.4 Å². The Morgan fingerprint density at radius 1 is 1.39 bits per heavy atom. The second kappa shape index (κ2) is 5.81. The quantitative estimate of drug-likeness (QED) is 0.815. The van der Waals surface area contributed by atoms with Crippen molar-refractivity contribution in [1.29, 1.82) is 0 Å². The Morgan fingerprint density at radius 2 is 2.11 bits per heavy atom. The molecule has 1 aliphatic carbocycles. The van der Waals surface area contributed by atoms with Crippen LogP contribution in [0.2, 0.25) is 0 Å². The normalized spacial score (nSPS) is 18.9. The lowest BCUT2D eigenvalue weighted by molar-refractivity contribution is 0.194. The first kappa shape index (κ1) is 13.5. The Bertz CT molecular complexity index is 390. The van der Waals surface area contributed by atoms with Crippen molar-refractivity contribution in [1.82, 2.24) is 5.32 Å². The molecule has 100 valence electrons. The molecule has 18 heavy (non-hydrogen) atoms. The van der Waals surface area contributed by atoms with E-state index in [4.69, 9.17) is 0 Å². The molecule has 1 aromatic carbocycles. The number of benzene rings is 1. The predicted molar refractivity (Wildman–Crippen MR) is 70.7 cm³/mol. The van der Waals surface area contributed by atoms with E-state index in [0.29, 0.717) is 11.8 Å². The maximum atomic E-state index is 13.3. The summed E-state index contributed by atoms with van der Waals surface area (Å²) in [6, 6.07) is 7.03. The number of aliphatic hydroxyl groups is 1. The highest BCUT2D eigenvalue weighted by Gasteiger charge is 2.34. The number of hydrogen-bond acceptors (Lipinski definition) is 2. The molecular weight excluding hydrogens is 229 g/mol. The van der Waals surface area contributed by atoms with Gasteiger partial charge in [-0.3, -0.25) is 0 Å². The first-order valence-corrected chi connectivity index (χ1v) is 6.74. The number of aliphatic hydroxyl groups excluding tert-OH is 1. The highest BCUT2D eigenvalue weighted by Crippen LogP contribution is 2.41. The highest BCUT2D eigenvalue weighted by molar-refractivity contribution is 5.22. The summed E-state index contributed by atoms with van der Waals surface area (Å²) in [5.74, 6) is 0.759. The van der Waals surface area contributed by atoms with E-state index in [9.17, 15) is 9.50 Å². The molecule has 0 bridgehead atoms. The third kappa shape index (κ3) is 3.30. The molecule has 1 saturated carbocycles. The molecular formula is C15H22FNO. The van der Waals surface area contributed by atoms with Gasteiger partial charge in [0.15, 0.2) is 0 Å². The summed E-state index contributed by atoms with van der Waals surface area (Å²) in [6.45, 7) is 4.29. The largest absolute Gasteiger partial charge is 0.395 e. The van der Waals surface area contributed by atoms with E-state index in [2.05, 4.69) is 19.2 Å². The Labute approximate surface area is 108 Å². The standard InChI is InChI=1S/C15H22FNO/c1-10(2)14(9-18)17-15(11-6-7-11)12-4-3-5-13(16)8-12/h3-5,8,10-11,14-15,17-18H,6-7,9H2,1-2H3/t14-,15+/m1/s1. The molecule has 2 atom stereocenters. The van der Waals surface area contributed by atoms with Gasteiger partial charge in [0, 0.05) is 12.1 Å². The summed E-state index contributed by atoms with van der Waals surface area (Å²) < 4.78 is 13.3. The molecule has 0 aliphatic heterocycles. The Morgan fingerprint density at radius 3 is 2.61 bits per heavy atom. The van der Waals surface area contributed by atoms with E-state index in [1.807, 2.05) is 6.07 Å². The maximum absolute atomic E-state index is 13.3. The smallest absolute Gasteiger partial charge is 0.123 e. The summed E-state index contributed by atoms with van der Waals surface area (Å²) in [5.41, 5.74) is 0.997. The van der Waals surface area contributed by atoms with Crippen LogP contribution >= 0.6 is 0 Å². The molecule has 1 aromatic rings. The van der Waals surface area contributed by atoms with Crippen LogP contribution in [0, 0.1) is 17.7 Å². The van der Waals surface area contributed by atoms with Gasteiger partial charge in [0.2, 0.25) is 0 Å².